The quantitative estimate of drug-likeness (QED) is 0.0655. The van der Waals surface area contributed by atoms with Crippen LogP contribution in [0.4, 0.5) is 0 Å². The van der Waals surface area contributed by atoms with Gasteiger partial charge < -0.3 is 93.6 Å². The van der Waals surface area contributed by atoms with Crippen LogP contribution in [0, 0.1) is 11.8 Å². The summed E-state index contributed by atoms with van der Waals surface area (Å²) in [5.41, 5.74) is 5.67. The lowest BCUT2D eigenvalue weighted by molar-refractivity contribution is -0.147. The molecule has 4 aliphatic rings. The summed E-state index contributed by atoms with van der Waals surface area (Å²) in [6.45, 7) is 7.81. The lowest BCUT2D eigenvalue weighted by atomic mass is 9.94. The molecule has 0 bridgehead atoms. The Morgan fingerprint density at radius 3 is 1.78 bits per heavy atom. The molecule has 0 radical (unpaired) electrons. The van der Waals surface area contributed by atoms with E-state index >= 15 is 0 Å². The number of fused-ring (bicyclic) bond motifs is 3. The molecule has 30 nitrogen and oxygen atoms in total. The van der Waals surface area contributed by atoms with E-state index in [-0.39, 0.29) is 70.5 Å². The van der Waals surface area contributed by atoms with Crippen LogP contribution in [-0.4, -0.2) is 234 Å². The summed E-state index contributed by atoms with van der Waals surface area (Å²) in [7, 11) is 0. The Labute approximate surface area is 529 Å². The fraction of sp³-hybridized carbons (Fsp3) is 0.672. The highest BCUT2D eigenvalue weighted by atomic mass is 16.3. The molecular formula is C61H94N12O18. The molecule has 15 atom stereocenters. The molecule has 16 N–H and O–H groups in total. The Kier molecular flexibility index (Phi) is 28.7. The number of hydrogen-bond acceptors (Lipinski definition) is 18. The average molecular weight is 1280 g/mol. The minimum Gasteiger partial charge on any atom is -0.394 e. The summed E-state index contributed by atoms with van der Waals surface area (Å²) < 4.78 is 0. The van der Waals surface area contributed by atoms with E-state index < -0.39 is 206 Å². The minimum absolute atomic E-state index is 0.00613. The fourth-order valence-corrected chi connectivity index (χ4v) is 11.7. The molecule has 0 aliphatic carbocycles. The number of aliphatic hydroxyl groups is 6. The van der Waals surface area contributed by atoms with Gasteiger partial charge in [-0.3, -0.25) is 57.5 Å². The molecule has 4 heterocycles. The molecule has 30 heteroatoms. The first-order valence-electron chi connectivity index (χ1n) is 31.4. The number of nitrogens with zero attached hydrogens (tertiary/aromatic N) is 3. The van der Waals surface area contributed by atoms with E-state index in [1.165, 1.54) is 23.6 Å². The standard InChI is InChI=1S/C61H94N12O18/c1-7-33(5)49-57(87)68-41(31-74)54(84)64-37(8-2)53(83)70-50(34(6)75)58(88)66-39(21-20-35-15-10-9-11-16-35)60(90)72-25-12-17-42(72)55(85)67-40(28-36(76)29-46(78)45(77)27-32(3)4)51(81)59(89)65-38(22-23-47(62)79)52(82)63-30-48(80)71-24-14-19-44(71)61(91)73-26-13-18-43(73)56(86)69-49/h8-11,15-16,32-34,36,38-46,49-51,74-78,81H,7,12-14,17-31H2,1-6H3,(H2,62,79)(H,63,82)(H,64,84)(H,65,89)(H,66,88)(H,67,85)(H,68,87)(H,69,86)(H,70,83)/b37-8+/t33-,34-,36?,38-,39+,40?,41+,42+,43+,44+,45?,46?,49-,50+,51?/m1/s1. The molecule has 5 unspecified atom stereocenters. The fourth-order valence-electron chi connectivity index (χ4n) is 11.7. The van der Waals surface area contributed by atoms with E-state index in [1.54, 1.807) is 58.0 Å². The number of primary amides is 1. The van der Waals surface area contributed by atoms with Crippen molar-refractivity contribution in [1.29, 1.82) is 0 Å². The van der Waals surface area contributed by atoms with E-state index in [1.807, 2.05) is 0 Å². The Morgan fingerprint density at radius 2 is 1.20 bits per heavy atom. The van der Waals surface area contributed by atoms with Gasteiger partial charge in [-0.1, -0.05) is 70.5 Å². The van der Waals surface area contributed by atoms with E-state index in [2.05, 4.69) is 42.5 Å². The molecule has 91 heavy (non-hydrogen) atoms. The average Bonchev–Trinajstić information content (AvgIpc) is 1.79. The molecule has 4 aliphatic heterocycles. The van der Waals surface area contributed by atoms with E-state index in [0.717, 1.165) is 16.5 Å². The number of aliphatic hydroxyl groups excluding tert-OH is 6. The number of amides is 12. The van der Waals surface area contributed by atoms with Crippen molar-refractivity contribution in [3.8, 4) is 0 Å². The van der Waals surface area contributed by atoms with Gasteiger partial charge in [-0.2, -0.15) is 0 Å². The Bertz CT molecular complexity index is 2770. The van der Waals surface area contributed by atoms with Gasteiger partial charge in [-0.15, -0.1) is 0 Å². The second-order valence-corrected chi connectivity index (χ2v) is 24.4. The number of benzene rings is 1. The van der Waals surface area contributed by atoms with Crippen molar-refractivity contribution in [1.82, 2.24) is 57.2 Å². The van der Waals surface area contributed by atoms with Crippen molar-refractivity contribution in [3.63, 3.8) is 0 Å². The molecule has 1 aromatic carbocycles. The van der Waals surface area contributed by atoms with Gasteiger partial charge in [0.05, 0.1) is 43.6 Å². The molecule has 4 fully saturated rings. The third-order valence-electron chi connectivity index (χ3n) is 17.1. The maximum Gasteiger partial charge on any atom is 0.268 e. The van der Waals surface area contributed by atoms with Crippen LogP contribution in [0.15, 0.2) is 42.1 Å². The largest absolute Gasteiger partial charge is 0.394 e. The first-order chi connectivity index (χ1) is 43.1. The second kappa shape index (κ2) is 35.3. The number of nitrogens with one attached hydrogen (secondary N) is 8. The molecule has 0 saturated carbocycles. The van der Waals surface area contributed by atoms with Gasteiger partial charge in [0.2, 0.25) is 59.1 Å². The van der Waals surface area contributed by atoms with Crippen LogP contribution < -0.4 is 48.3 Å². The molecule has 506 valence electrons. The number of carbonyl (C=O) groups is 12. The van der Waals surface area contributed by atoms with Gasteiger partial charge in [-0.05, 0) is 102 Å². The van der Waals surface area contributed by atoms with Gasteiger partial charge >= 0.3 is 0 Å². The molecule has 0 aromatic heterocycles. The van der Waals surface area contributed by atoms with Crippen LogP contribution in [0.5, 0.6) is 0 Å². The van der Waals surface area contributed by atoms with Crippen LogP contribution in [-0.2, 0) is 64.0 Å². The van der Waals surface area contributed by atoms with Gasteiger partial charge in [0, 0.05) is 32.5 Å². The van der Waals surface area contributed by atoms with Crippen molar-refractivity contribution in [2.45, 2.75) is 216 Å². The summed E-state index contributed by atoms with van der Waals surface area (Å²) in [6, 6.07) is -4.63. The molecule has 0 spiro atoms. The van der Waals surface area contributed by atoms with Gasteiger partial charge in [0.25, 0.3) is 11.8 Å². The summed E-state index contributed by atoms with van der Waals surface area (Å²) in [5, 5.41) is 85.9. The zero-order valence-corrected chi connectivity index (χ0v) is 52.6. The van der Waals surface area contributed by atoms with Crippen LogP contribution in [0.1, 0.15) is 131 Å². The van der Waals surface area contributed by atoms with E-state index in [9.17, 15) is 88.2 Å². The van der Waals surface area contributed by atoms with Crippen LogP contribution in [0.25, 0.3) is 0 Å². The zero-order valence-electron chi connectivity index (χ0n) is 52.6. The highest BCUT2D eigenvalue weighted by molar-refractivity contribution is 6.03. The topological polar surface area (TPSA) is 458 Å². The predicted octanol–water partition coefficient (Wildman–Crippen LogP) is -4.39. The van der Waals surface area contributed by atoms with Crippen molar-refractivity contribution in [2.24, 2.45) is 17.6 Å². The first-order valence-corrected chi connectivity index (χ1v) is 31.4. The minimum atomic E-state index is -2.33. The number of aryl methyl sites for hydroxylation is 1. The molecule has 12 amide bonds. The SMILES string of the molecule is C/C=C1/NC(=O)[C@H](CO)NC(=O)[C@@H]([C@H](C)CC)NC(=O)[C@@H]2CCCN2C(=O)[C@@H]2CCCN2C(=O)CNC(=O)[C@@H](CCC(N)=O)NC(=O)C(O)C(CC(O)CC(O)C(O)CC(C)C)NC(=O)[C@@H]2CCCN2C(=O)[C@H](CCc2ccccc2)NC(=O)[C@H]([C@@H](C)O)NC1=O. The number of nitrogens with two attached hydrogens (primary N) is 1. The lowest BCUT2D eigenvalue weighted by Gasteiger charge is -2.33. The number of carbonyl (C=O) groups excluding carboxylic acids is 12. The van der Waals surface area contributed by atoms with Crippen molar-refractivity contribution < 1.29 is 88.2 Å². The molecular weight excluding hydrogens is 1190 g/mol. The number of rotatable bonds is 17. The highest BCUT2D eigenvalue weighted by Gasteiger charge is 2.45. The molecule has 4 saturated heterocycles. The Hall–Kier alpha value is -7.64. The Morgan fingerprint density at radius 1 is 0.637 bits per heavy atom. The van der Waals surface area contributed by atoms with E-state index in [0.29, 0.717) is 19.3 Å². The van der Waals surface area contributed by atoms with Gasteiger partial charge in [-0.25, -0.2) is 0 Å². The van der Waals surface area contributed by atoms with Crippen LogP contribution in [0.2, 0.25) is 0 Å². The summed E-state index contributed by atoms with van der Waals surface area (Å²) >= 11 is 0. The second-order valence-electron chi connectivity index (χ2n) is 24.4. The Balaban J connectivity index is 1.54. The zero-order chi connectivity index (χ0) is 67.4. The maximum absolute atomic E-state index is 14.9. The third kappa shape index (κ3) is 20.9. The summed E-state index contributed by atoms with van der Waals surface area (Å²) in [6.07, 6.45) is -7.72. The van der Waals surface area contributed by atoms with Crippen molar-refractivity contribution in [3.05, 3.63) is 47.7 Å². The van der Waals surface area contributed by atoms with Gasteiger partial charge in [0.15, 0.2) is 6.10 Å². The lowest BCUT2D eigenvalue weighted by Crippen LogP contribution is -2.61. The van der Waals surface area contributed by atoms with Crippen molar-refractivity contribution >= 4 is 70.9 Å². The van der Waals surface area contributed by atoms with Crippen LogP contribution in [0.3, 0.4) is 0 Å². The summed E-state index contributed by atoms with van der Waals surface area (Å²) in [5.74, 6) is -12.0. The van der Waals surface area contributed by atoms with Crippen molar-refractivity contribution in [2.75, 3.05) is 32.8 Å². The number of allylic oxidation sites excluding steroid dienone is 1. The van der Waals surface area contributed by atoms with Crippen LogP contribution >= 0.6 is 0 Å². The maximum atomic E-state index is 14.9. The molecule has 1 aromatic rings. The predicted molar refractivity (Wildman–Crippen MR) is 325 cm³/mol. The smallest absolute Gasteiger partial charge is 0.268 e. The summed E-state index contributed by atoms with van der Waals surface area (Å²) in [4.78, 5) is 172. The normalized spacial score (nSPS) is 28.4. The molecule has 5 rings (SSSR count). The monoisotopic (exact) mass is 1280 g/mol. The van der Waals surface area contributed by atoms with E-state index in [4.69, 9.17) is 5.73 Å². The highest BCUT2D eigenvalue weighted by Crippen LogP contribution is 2.27. The first kappa shape index (κ1) is 74.1. The third-order valence-corrected chi connectivity index (χ3v) is 17.1. The number of hydrogen-bond donors (Lipinski definition) is 15. The van der Waals surface area contributed by atoms with Gasteiger partial charge in [0.1, 0.15) is 54.0 Å².